The molecule has 0 aromatic rings. The molecule has 1 aliphatic carbocycles. The lowest BCUT2D eigenvalue weighted by Gasteiger charge is -2.45. The molecule has 0 radical (unpaired) electrons. The van der Waals surface area contributed by atoms with Crippen LogP contribution >= 0.6 is 0 Å². The quantitative estimate of drug-likeness (QED) is 0.770. The Labute approximate surface area is 123 Å². The Morgan fingerprint density at radius 1 is 0.857 bits per heavy atom. The highest BCUT2D eigenvalue weighted by Crippen LogP contribution is 2.40. The second-order valence-electron chi connectivity index (χ2n) is 5.62. The van der Waals surface area contributed by atoms with Crippen molar-refractivity contribution in [1.82, 2.24) is 0 Å². The molecule has 0 aromatic heterocycles. The Hall–Kier alpha value is -1.66. The summed E-state index contributed by atoms with van der Waals surface area (Å²) in [4.78, 5) is 21.4. The Balaban J connectivity index is 2.12. The zero-order valence-electron chi connectivity index (χ0n) is 11.8. The summed E-state index contributed by atoms with van der Waals surface area (Å²) < 4.78 is 11.8. The van der Waals surface area contributed by atoms with Crippen molar-refractivity contribution in [3.63, 3.8) is 0 Å². The van der Waals surface area contributed by atoms with Gasteiger partial charge in [0.1, 0.15) is 0 Å². The van der Waals surface area contributed by atoms with E-state index in [0.29, 0.717) is 0 Å². The molecular weight excluding hydrogens is 276 g/mol. The number of carboxylic acids is 2. The van der Waals surface area contributed by atoms with E-state index in [2.05, 4.69) is 0 Å². The number of carbonyl (C=O) groups is 2. The lowest BCUT2D eigenvalue weighted by molar-refractivity contribution is -0.301. The molecule has 0 amide bonds. The van der Waals surface area contributed by atoms with Crippen LogP contribution < -0.4 is 0 Å². The maximum absolute atomic E-state index is 10.7. The molecule has 21 heavy (non-hydrogen) atoms. The smallest absolute Gasteiger partial charge is 0.328 e. The molecular formula is C15H20O6. The average molecular weight is 296 g/mol. The summed E-state index contributed by atoms with van der Waals surface area (Å²) >= 11 is 0. The predicted octanol–water partition coefficient (Wildman–Crippen LogP) is 1.96. The molecule has 2 rings (SSSR count). The van der Waals surface area contributed by atoms with Gasteiger partial charge in [0, 0.05) is 25.0 Å². The van der Waals surface area contributed by atoms with Gasteiger partial charge in [0.25, 0.3) is 0 Å². The second-order valence-corrected chi connectivity index (χ2v) is 5.62. The van der Waals surface area contributed by atoms with E-state index in [0.717, 1.165) is 44.3 Å². The Bertz CT molecular complexity index is 423. The highest BCUT2D eigenvalue weighted by Gasteiger charge is 2.43. The number of hydrogen-bond donors (Lipinski definition) is 2. The van der Waals surface area contributed by atoms with E-state index in [1.165, 1.54) is 12.2 Å². The van der Waals surface area contributed by atoms with Crippen LogP contribution in [0, 0.1) is 5.41 Å². The maximum atomic E-state index is 10.7. The fourth-order valence-corrected chi connectivity index (χ4v) is 2.72. The number of carboxylic acid groups (broad SMARTS) is 2. The summed E-state index contributed by atoms with van der Waals surface area (Å²) in [7, 11) is 0. The third-order valence-corrected chi connectivity index (χ3v) is 3.94. The zero-order valence-corrected chi connectivity index (χ0v) is 11.8. The molecule has 0 aromatic carbocycles. The topological polar surface area (TPSA) is 93.1 Å². The van der Waals surface area contributed by atoms with Crippen LogP contribution in [0.15, 0.2) is 24.3 Å². The first-order valence-corrected chi connectivity index (χ1v) is 7.08. The van der Waals surface area contributed by atoms with Gasteiger partial charge in [-0.15, -0.1) is 0 Å². The van der Waals surface area contributed by atoms with Crippen molar-refractivity contribution in [2.45, 2.75) is 37.9 Å². The summed E-state index contributed by atoms with van der Waals surface area (Å²) in [6.07, 6.45) is 9.77. The van der Waals surface area contributed by atoms with Crippen LogP contribution in [-0.2, 0) is 19.1 Å². The molecule has 1 saturated heterocycles. The first-order chi connectivity index (χ1) is 9.95. The van der Waals surface area contributed by atoms with E-state index in [4.69, 9.17) is 19.7 Å². The van der Waals surface area contributed by atoms with Crippen LogP contribution in [0.3, 0.4) is 0 Å². The second kappa shape index (κ2) is 6.41. The van der Waals surface area contributed by atoms with E-state index in [1.54, 1.807) is 0 Å². The first-order valence-electron chi connectivity index (χ1n) is 7.08. The maximum Gasteiger partial charge on any atom is 0.328 e. The molecule has 6 nitrogen and oxygen atoms in total. The third-order valence-electron chi connectivity index (χ3n) is 3.94. The van der Waals surface area contributed by atoms with Crippen molar-refractivity contribution in [2.24, 2.45) is 5.41 Å². The van der Waals surface area contributed by atoms with Crippen LogP contribution in [0.25, 0.3) is 0 Å². The van der Waals surface area contributed by atoms with Crippen molar-refractivity contribution in [1.29, 1.82) is 0 Å². The minimum absolute atomic E-state index is 0.223. The fourth-order valence-electron chi connectivity index (χ4n) is 2.72. The number of hydrogen-bond acceptors (Lipinski definition) is 4. The largest absolute Gasteiger partial charge is 0.478 e. The highest BCUT2D eigenvalue weighted by atomic mass is 16.7. The van der Waals surface area contributed by atoms with Gasteiger partial charge in [-0.3, -0.25) is 0 Å². The van der Waals surface area contributed by atoms with Crippen molar-refractivity contribution >= 4 is 11.9 Å². The summed E-state index contributed by atoms with van der Waals surface area (Å²) in [5.74, 6) is -2.75. The van der Waals surface area contributed by atoms with Gasteiger partial charge in [0.15, 0.2) is 5.79 Å². The number of ether oxygens (including phenoxy) is 2. The van der Waals surface area contributed by atoms with E-state index in [1.807, 2.05) is 0 Å². The molecule has 1 saturated carbocycles. The summed E-state index contributed by atoms with van der Waals surface area (Å²) in [6, 6.07) is 0. The van der Waals surface area contributed by atoms with Gasteiger partial charge in [0.05, 0.1) is 18.6 Å². The molecule has 1 spiro atoms. The fraction of sp³-hybridized carbons (Fsp3) is 0.600. The molecule has 2 fully saturated rings. The average Bonchev–Trinajstić information content (AvgIpc) is 2.47. The molecule has 0 bridgehead atoms. The number of rotatable bonds is 4. The molecule has 2 aliphatic rings. The highest BCUT2D eigenvalue weighted by molar-refractivity contribution is 5.81. The van der Waals surface area contributed by atoms with Gasteiger partial charge in [0.2, 0.25) is 0 Å². The van der Waals surface area contributed by atoms with Crippen molar-refractivity contribution in [2.75, 3.05) is 13.2 Å². The Morgan fingerprint density at radius 2 is 1.33 bits per heavy atom. The third kappa shape index (κ3) is 4.15. The zero-order chi connectivity index (χ0) is 15.3. The van der Waals surface area contributed by atoms with Crippen LogP contribution in [-0.4, -0.2) is 41.2 Å². The van der Waals surface area contributed by atoms with Gasteiger partial charge < -0.3 is 19.7 Å². The van der Waals surface area contributed by atoms with Crippen LogP contribution in [0.4, 0.5) is 0 Å². The van der Waals surface area contributed by atoms with Crippen molar-refractivity contribution < 1.29 is 29.3 Å². The van der Waals surface area contributed by atoms with E-state index in [9.17, 15) is 9.59 Å². The van der Waals surface area contributed by atoms with Gasteiger partial charge in [-0.1, -0.05) is 18.6 Å². The molecule has 116 valence electrons. The Morgan fingerprint density at radius 3 is 1.76 bits per heavy atom. The molecule has 1 aliphatic heterocycles. The molecule has 1 heterocycles. The lowest BCUT2D eigenvalue weighted by atomic mass is 9.85. The summed E-state index contributed by atoms with van der Waals surface area (Å²) in [5, 5.41) is 17.5. The Kier molecular flexibility index (Phi) is 4.80. The van der Waals surface area contributed by atoms with Crippen molar-refractivity contribution in [3.8, 4) is 0 Å². The van der Waals surface area contributed by atoms with Gasteiger partial charge in [-0.2, -0.15) is 0 Å². The monoisotopic (exact) mass is 296 g/mol. The first kappa shape index (κ1) is 15.7. The molecule has 2 N–H and O–H groups in total. The molecule has 6 heteroatoms. The van der Waals surface area contributed by atoms with E-state index >= 15 is 0 Å². The van der Waals surface area contributed by atoms with Gasteiger partial charge >= 0.3 is 11.9 Å². The normalized spacial score (nSPS) is 24.6. The minimum Gasteiger partial charge on any atom is -0.478 e. The number of aliphatic carboxylic acids is 2. The van der Waals surface area contributed by atoms with E-state index < -0.39 is 23.1 Å². The standard InChI is InChI=1S/C15H20O6/c16-12(17)4-8-14(9-5-13(18)19)10-20-15(21-11-14)6-2-1-3-7-15/h4-5,8-9H,1-3,6-7,10-11H2,(H,16,17)(H,18,19). The predicted molar refractivity (Wildman–Crippen MR) is 73.7 cm³/mol. The molecule has 0 atom stereocenters. The lowest BCUT2D eigenvalue weighted by Crippen LogP contribution is -2.49. The van der Waals surface area contributed by atoms with Crippen LogP contribution in [0.5, 0.6) is 0 Å². The van der Waals surface area contributed by atoms with Gasteiger partial charge in [-0.25, -0.2) is 9.59 Å². The van der Waals surface area contributed by atoms with Crippen LogP contribution in [0.1, 0.15) is 32.1 Å². The van der Waals surface area contributed by atoms with Gasteiger partial charge in [-0.05, 0) is 12.8 Å². The van der Waals surface area contributed by atoms with E-state index in [-0.39, 0.29) is 13.2 Å². The molecule has 0 unspecified atom stereocenters. The van der Waals surface area contributed by atoms with Crippen molar-refractivity contribution in [3.05, 3.63) is 24.3 Å². The van der Waals surface area contributed by atoms with Crippen LogP contribution in [0.2, 0.25) is 0 Å². The minimum atomic E-state index is -1.09. The summed E-state index contributed by atoms with van der Waals surface area (Å²) in [6.45, 7) is 0.446. The summed E-state index contributed by atoms with van der Waals surface area (Å²) in [5.41, 5.74) is -0.848. The SMILES string of the molecule is O=C(O)C=CC1(C=CC(=O)O)COC2(CCCCC2)OC1.